The van der Waals surface area contributed by atoms with Crippen LogP contribution in [0.25, 0.3) is 0 Å². The van der Waals surface area contributed by atoms with Crippen LogP contribution in [0.5, 0.6) is 5.75 Å². The fraction of sp³-hybridized carbons (Fsp3) is 0.333. The van der Waals surface area contributed by atoms with Gasteiger partial charge in [-0.15, -0.1) is 0 Å². The molecule has 1 aromatic rings. The molecular formula is C9H11F2NO. The second-order valence-electron chi connectivity index (χ2n) is 2.84. The minimum absolute atomic E-state index is 0.0951. The number of nitrogens with two attached hydrogens (primary N) is 1. The summed E-state index contributed by atoms with van der Waals surface area (Å²) in [5.74, 6) is -1.78. The first-order chi connectivity index (χ1) is 6.11. The van der Waals surface area contributed by atoms with Crippen LogP contribution in [0.1, 0.15) is 6.92 Å². The SMILES string of the molecule is C[C@@H](N)COc1c(F)cccc1F. The van der Waals surface area contributed by atoms with Crippen LogP contribution in [0.15, 0.2) is 18.2 Å². The maximum atomic E-state index is 12.9. The van der Waals surface area contributed by atoms with E-state index in [1.165, 1.54) is 6.07 Å². The molecule has 72 valence electrons. The van der Waals surface area contributed by atoms with E-state index in [4.69, 9.17) is 10.5 Å². The molecule has 0 saturated carbocycles. The third-order valence-corrected chi connectivity index (χ3v) is 1.41. The fourth-order valence-electron chi connectivity index (χ4n) is 0.835. The molecule has 0 spiro atoms. The maximum absolute atomic E-state index is 12.9. The maximum Gasteiger partial charge on any atom is 0.190 e. The van der Waals surface area contributed by atoms with Crippen LogP contribution in [0.4, 0.5) is 8.78 Å². The molecule has 0 amide bonds. The van der Waals surface area contributed by atoms with E-state index < -0.39 is 11.6 Å². The first kappa shape index (κ1) is 9.92. The van der Waals surface area contributed by atoms with Gasteiger partial charge in [-0.3, -0.25) is 0 Å². The second-order valence-corrected chi connectivity index (χ2v) is 2.84. The van der Waals surface area contributed by atoms with E-state index in [0.717, 1.165) is 12.1 Å². The van der Waals surface area contributed by atoms with Gasteiger partial charge in [0.15, 0.2) is 17.4 Å². The van der Waals surface area contributed by atoms with Crippen molar-refractivity contribution >= 4 is 0 Å². The van der Waals surface area contributed by atoms with Gasteiger partial charge in [-0.25, -0.2) is 8.78 Å². The second kappa shape index (κ2) is 4.18. The Hall–Kier alpha value is -1.16. The van der Waals surface area contributed by atoms with Crippen molar-refractivity contribution < 1.29 is 13.5 Å². The summed E-state index contributed by atoms with van der Waals surface area (Å²) in [6.07, 6.45) is 0. The van der Waals surface area contributed by atoms with Crippen molar-refractivity contribution in [3.05, 3.63) is 29.8 Å². The van der Waals surface area contributed by atoms with Gasteiger partial charge in [-0.2, -0.15) is 0 Å². The number of rotatable bonds is 3. The largest absolute Gasteiger partial charge is 0.486 e. The van der Waals surface area contributed by atoms with E-state index >= 15 is 0 Å². The van der Waals surface area contributed by atoms with E-state index in [9.17, 15) is 8.78 Å². The van der Waals surface area contributed by atoms with Gasteiger partial charge in [0.1, 0.15) is 6.61 Å². The van der Waals surface area contributed by atoms with Gasteiger partial charge < -0.3 is 10.5 Å². The van der Waals surface area contributed by atoms with E-state index in [0.29, 0.717) is 0 Å². The molecule has 0 aromatic heterocycles. The Bertz CT molecular complexity index is 269. The van der Waals surface area contributed by atoms with Crippen LogP contribution in [0, 0.1) is 11.6 Å². The quantitative estimate of drug-likeness (QED) is 0.781. The van der Waals surface area contributed by atoms with Crippen LogP contribution >= 0.6 is 0 Å². The Labute approximate surface area is 75.3 Å². The predicted octanol–water partition coefficient (Wildman–Crippen LogP) is 1.69. The summed E-state index contributed by atoms with van der Waals surface area (Å²) in [6, 6.07) is 3.31. The molecule has 0 aliphatic carbocycles. The average molecular weight is 187 g/mol. The van der Waals surface area contributed by atoms with Gasteiger partial charge in [0.05, 0.1) is 0 Å². The summed E-state index contributed by atoms with van der Waals surface area (Å²) in [5.41, 5.74) is 5.37. The third kappa shape index (κ3) is 2.66. The zero-order valence-corrected chi connectivity index (χ0v) is 7.26. The Morgan fingerprint density at radius 1 is 1.38 bits per heavy atom. The Balaban J connectivity index is 2.75. The van der Waals surface area contributed by atoms with Crippen molar-refractivity contribution in [3.8, 4) is 5.75 Å². The molecule has 0 aliphatic rings. The van der Waals surface area contributed by atoms with Gasteiger partial charge in [0.2, 0.25) is 0 Å². The zero-order chi connectivity index (χ0) is 9.84. The van der Waals surface area contributed by atoms with Crippen molar-refractivity contribution in [1.82, 2.24) is 0 Å². The van der Waals surface area contributed by atoms with Crippen molar-refractivity contribution in [3.63, 3.8) is 0 Å². The minimum Gasteiger partial charge on any atom is -0.486 e. The van der Waals surface area contributed by atoms with Crippen molar-refractivity contribution in [2.75, 3.05) is 6.61 Å². The summed E-state index contributed by atoms with van der Waals surface area (Å²) in [6.45, 7) is 1.79. The van der Waals surface area contributed by atoms with E-state index in [1.807, 2.05) is 0 Å². The molecule has 0 saturated heterocycles. The molecule has 1 atom stereocenters. The highest BCUT2D eigenvalue weighted by molar-refractivity contribution is 5.25. The van der Waals surface area contributed by atoms with Gasteiger partial charge in [-0.05, 0) is 19.1 Å². The van der Waals surface area contributed by atoms with Gasteiger partial charge in [-0.1, -0.05) is 6.07 Å². The summed E-state index contributed by atoms with van der Waals surface area (Å²) in [7, 11) is 0. The number of hydrogen-bond donors (Lipinski definition) is 1. The van der Waals surface area contributed by atoms with Gasteiger partial charge in [0.25, 0.3) is 0 Å². The normalized spacial score (nSPS) is 12.6. The fourth-order valence-corrected chi connectivity index (χ4v) is 0.835. The van der Waals surface area contributed by atoms with Gasteiger partial charge >= 0.3 is 0 Å². The van der Waals surface area contributed by atoms with Crippen LogP contribution < -0.4 is 10.5 Å². The molecule has 0 heterocycles. The van der Waals surface area contributed by atoms with Gasteiger partial charge in [0, 0.05) is 6.04 Å². The van der Waals surface area contributed by atoms with Crippen LogP contribution in [-0.4, -0.2) is 12.6 Å². The van der Waals surface area contributed by atoms with Crippen molar-refractivity contribution in [2.24, 2.45) is 5.73 Å². The number of halogens is 2. The first-order valence-electron chi connectivity index (χ1n) is 3.93. The molecule has 13 heavy (non-hydrogen) atoms. The number of para-hydroxylation sites is 1. The summed E-state index contributed by atoms with van der Waals surface area (Å²) in [4.78, 5) is 0. The van der Waals surface area contributed by atoms with E-state index in [1.54, 1.807) is 6.92 Å². The lowest BCUT2D eigenvalue weighted by molar-refractivity contribution is 0.268. The molecule has 1 rings (SSSR count). The smallest absolute Gasteiger partial charge is 0.190 e. The lowest BCUT2D eigenvalue weighted by atomic mass is 10.3. The lowest BCUT2D eigenvalue weighted by Crippen LogP contribution is -2.24. The molecule has 2 N–H and O–H groups in total. The van der Waals surface area contributed by atoms with Crippen LogP contribution in [0.2, 0.25) is 0 Å². The van der Waals surface area contributed by atoms with Crippen LogP contribution in [-0.2, 0) is 0 Å². The highest BCUT2D eigenvalue weighted by Gasteiger charge is 2.09. The average Bonchev–Trinajstić information content (AvgIpc) is 2.03. The first-order valence-corrected chi connectivity index (χ1v) is 3.93. The predicted molar refractivity (Wildman–Crippen MR) is 45.5 cm³/mol. The van der Waals surface area contributed by atoms with E-state index in [2.05, 4.69) is 0 Å². The Morgan fingerprint density at radius 3 is 2.38 bits per heavy atom. The molecule has 1 aromatic carbocycles. The molecule has 0 aliphatic heterocycles. The summed E-state index contributed by atoms with van der Waals surface area (Å²) >= 11 is 0. The zero-order valence-electron chi connectivity index (χ0n) is 7.26. The number of hydrogen-bond acceptors (Lipinski definition) is 2. The standard InChI is InChI=1S/C9H11F2NO/c1-6(12)5-13-9-7(10)3-2-4-8(9)11/h2-4,6H,5,12H2,1H3/t6-/m1/s1. The number of benzene rings is 1. The monoisotopic (exact) mass is 187 g/mol. The van der Waals surface area contributed by atoms with Crippen LogP contribution in [0.3, 0.4) is 0 Å². The molecule has 4 heteroatoms. The molecule has 0 unspecified atom stereocenters. The molecule has 2 nitrogen and oxygen atoms in total. The highest BCUT2D eigenvalue weighted by atomic mass is 19.1. The van der Waals surface area contributed by atoms with E-state index in [-0.39, 0.29) is 18.4 Å². The third-order valence-electron chi connectivity index (χ3n) is 1.41. The van der Waals surface area contributed by atoms with Crippen molar-refractivity contribution in [2.45, 2.75) is 13.0 Å². The Morgan fingerprint density at radius 2 is 1.92 bits per heavy atom. The van der Waals surface area contributed by atoms with Crippen molar-refractivity contribution in [1.29, 1.82) is 0 Å². The summed E-state index contributed by atoms with van der Waals surface area (Å²) in [5, 5.41) is 0. The Kier molecular flexibility index (Phi) is 3.19. The molecule has 0 radical (unpaired) electrons. The molecule has 0 fully saturated rings. The minimum atomic E-state index is -0.708. The topological polar surface area (TPSA) is 35.2 Å². The molecular weight excluding hydrogens is 176 g/mol. The molecule has 0 bridgehead atoms. The summed E-state index contributed by atoms with van der Waals surface area (Å²) < 4.78 is 30.6. The number of ether oxygens (including phenoxy) is 1. The highest BCUT2D eigenvalue weighted by Crippen LogP contribution is 2.20. The lowest BCUT2D eigenvalue weighted by Gasteiger charge is -2.09.